The molecule has 1 saturated heterocycles. The summed E-state index contributed by atoms with van der Waals surface area (Å²) in [5.74, 6) is 0.782. The molecule has 3 aromatic carbocycles. The maximum atomic E-state index is 13.3. The fourth-order valence-electron chi connectivity index (χ4n) is 3.45. The van der Waals surface area contributed by atoms with Gasteiger partial charge in [-0.25, -0.2) is 4.99 Å². The summed E-state index contributed by atoms with van der Waals surface area (Å²) in [7, 11) is 1.65. The molecule has 0 atom stereocenters. The fraction of sp³-hybridized carbons (Fsp3) is 0.185. The van der Waals surface area contributed by atoms with Crippen molar-refractivity contribution in [2.45, 2.75) is 19.8 Å². The van der Waals surface area contributed by atoms with Crippen LogP contribution in [-0.4, -0.2) is 29.6 Å². The molecular formula is C27H25ClN2O2S. The first-order valence-electron chi connectivity index (χ1n) is 10.8. The number of carbonyl (C=O) groups excluding carboxylic acids is 1. The second-order valence-electron chi connectivity index (χ2n) is 7.63. The third kappa shape index (κ3) is 5.86. The van der Waals surface area contributed by atoms with Crippen molar-refractivity contribution in [1.82, 2.24) is 4.90 Å². The first-order chi connectivity index (χ1) is 16.1. The molecule has 0 spiro atoms. The van der Waals surface area contributed by atoms with E-state index in [4.69, 9.17) is 21.3 Å². The van der Waals surface area contributed by atoms with E-state index >= 15 is 0 Å². The number of halogens is 1. The van der Waals surface area contributed by atoms with E-state index in [1.165, 1.54) is 17.3 Å². The first kappa shape index (κ1) is 23.1. The van der Waals surface area contributed by atoms with Gasteiger partial charge in [-0.3, -0.25) is 9.69 Å². The lowest BCUT2D eigenvalue weighted by molar-refractivity contribution is -0.122. The largest absolute Gasteiger partial charge is 0.497 e. The van der Waals surface area contributed by atoms with Gasteiger partial charge in [-0.15, -0.1) is 0 Å². The Balaban J connectivity index is 1.60. The monoisotopic (exact) mass is 476 g/mol. The summed E-state index contributed by atoms with van der Waals surface area (Å²) < 4.78 is 5.24. The Morgan fingerprint density at radius 1 is 0.970 bits per heavy atom. The molecule has 1 aliphatic rings. The summed E-state index contributed by atoms with van der Waals surface area (Å²) >= 11 is 7.41. The van der Waals surface area contributed by atoms with Gasteiger partial charge in [0, 0.05) is 11.6 Å². The molecule has 0 radical (unpaired) electrons. The average Bonchev–Trinajstić information content (AvgIpc) is 3.13. The van der Waals surface area contributed by atoms with Crippen molar-refractivity contribution < 1.29 is 9.53 Å². The molecule has 33 heavy (non-hydrogen) atoms. The molecule has 4 nitrogen and oxygen atoms in total. The second-order valence-corrected chi connectivity index (χ2v) is 9.08. The van der Waals surface area contributed by atoms with Crippen molar-refractivity contribution in [1.29, 1.82) is 0 Å². The van der Waals surface area contributed by atoms with Crippen LogP contribution < -0.4 is 4.74 Å². The number of amides is 1. The highest BCUT2D eigenvalue weighted by Gasteiger charge is 2.33. The highest BCUT2D eigenvalue weighted by Crippen LogP contribution is 2.34. The van der Waals surface area contributed by atoms with Gasteiger partial charge < -0.3 is 4.74 Å². The lowest BCUT2D eigenvalue weighted by atomic mass is 10.1. The minimum atomic E-state index is -0.0348. The number of carbonyl (C=O) groups is 1. The second kappa shape index (κ2) is 10.7. The van der Waals surface area contributed by atoms with Gasteiger partial charge in [0.05, 0.1) is 17.7 Å². The Hall–Kier alpha value is -3.02. The number of hydrogen-bond donors (Lipinski definition) is 0. The molecule has 6 heteroatoms. The minimum Gasteiger partial charge on any atom is -0.497 e. The van der Waals surface area contributed by atoms with E-state index in [-0.39, 0.29) is 5.91 Å². The van der Waals surface area contributed by atoms with Crippen LogP contribution in [0.5, 0.6) is 5.75 Å². The van der Waals surface area contributed by atoms with E-state index in [1.54, 1.807) is 12.0 Å². The van der Waals surface area contributed by atoms with E-state index in [1.807, 2.05) is 66.7 Å². The van der Waals surface area contributed by atoms with Crippen molar-refractivity contribution in [3.63, 3.8) is 0 Å². The van der Waals surface area contributed by atoms with Crippen LogP contribution in [0.2, 0.25) is 5.02 Å². The van der Waals surface area contributed by atoms with Gasteiger partial charge >= 0.3 is 0 Å². The Labute approximate surface area is 203 Å². The zero-order valence-corrected chi connectivity index (χ0v) is 20.2. The molecule has 1 aliphatic heterocycles. The molecule has 0 saturated carbocycles. The molecule has 1 amide bonds. The van der Waals surface area contributed by atoms with Gasteiger partial charge in [-0.2, -0.15) is 0 Å². The van der Waals surface area contributed by atoms with Crippen LogP contribution >= 0.6 is 23.4 Å². The number of benzene rings is 3. The minimum absolute atomic E-state index is 0.0348. The molecule has 0 unspecified atom stereocenters. The van der Waals surface area contributed by atoms with E-state index in [2.05, 4.69) is 19.1 Å². The Morgan fingerprint density at radius 2 is 1.64 bits per heavy atom. The van der Waals surface area contributed by atoms with Gasteiger partial charge in [0.15, 0.2) is 5.17 Å². The number of aliphatic imine (C=N–C) groups is 1. The maximum Gasteiger partial charge on any atom is 0.266 e. The molecule has 4 rings (SSSR count). The number of ether oxygens (including phenoxy) is 1. The summed E-state index contributed by atoms with van der Waals surface area (Å²) in [6, 6.07) is 23.5. The first-order valence-corrected chi connectivity index (χ1v) is 12.0. The number of rotatable bonds is 7. The predicted molar refractivity (Wildman–Crippen MR) is 138 cm³/mol. The Morgan fingerprint density at radius 3 is 2.27 bits per heavy atom. The predicted octanol–water partition coefficient (Wildman–Crippen LogP) is 6.76. The number of methoxy groups -OCH3 is 1. The third-order valence-electron chi connectivity index (χ3n) is 5.41. The van der Waals surface area contributed by atoms with Crippen LogP contribution in [0.3, 0.4) is 0 Å². The van der Waals surface area contributed by atoms with E-state index in [0.717, 1.165) is 35.4 Å². The van der Waals surface area contributed by atoms with Crippen molar-refractivity contribution >= 4 is 46.2 Å². The third-order valence-corrected chi connectivity index (χ3v) is 6.67. The summed E-state index contributed by atoms with van der Waals surface area (Å²) in [6.07, 6.45) is 3.59. The van der Waals surface area contributed by atoms with Crippen molar-refractivity contribution in [3.8, 4) is 5.75 Å². The van der Waals surface area contributed by atoms with Gasteiger partial charge in [0.2, 0.25) is 0 Å². The van der Waals surface area contributed by atoms with Crippen LogP contribution in [0.1, 0.15) is 23.6 Å². The maximum absolute atomic E-state index is 13.3. The topological polar surface area (TPSA) is 41.9 Å². The SMILES string of the molecule is CCc1ccc(N=C2SC(=Cc3ccc(Cl)cc3)C(=O)N2CCc2ccc(OC)cc2)cc1. The average molecular weight is 477 g/mol. The number of aryl methyl sites for hydroxylation is 1. The molecule has 0 N–H and O–H groups in total. The van der Waals surface area contributed by atoms with E-state index < -0.39 is 0 Å². The smallest absolute Gasteiger partial charge is 0.266 e. The van der Waals surface area contributed by atoms with Crippen LogP contribution in [0.15, 0.2) is 82.7 Å². The summed E-state index contributed by atoms with van der Waals surface area (Å²) in [6.45, 7) is 2.67. The van der Waals surface area contributed by atoms with Gasteiger partial charge in [0.25, 0.3) is 5.91 Å². The highest BCUT2D eigenvalue weighted by molar-refractivity contribution is 8.18. The number of thioether (sulfide) groups is 1. The lowest BCUT2D eigenvalue weighted by Gasteiger charge is -2.16. The van der Waals surface area contributed by atoms with Crippen molar-refractivity contribution in [2.75, 3.05) is 13.7 Å². The van der Waals surface area contributed by atoms with Gasteiger partial charge in [-0.1, -0.05) is 54.9 Å². The van der Waals surface area contributed by atoms with Gasteiger partial charge in [-0.05, 0) is 83.8 Å². The molecule has 3 aromatic rings. The Kier molecular flexibility index (Phi) is 7.53. The number of hydrogen-bond acceptors (Lipinski definition) is 4. The zero-order valence-electron chi connectivity index (χ0n) is 18.6. The molecule has 0 aromatic heterocycles. The quantitative estimate of drug-likeness (QED) is 0.354. The van der Waals surface area contributed by atoms with Crippen LogP contribution in [0.4, 0.5) is 5.69 Å². The van der Waals surface area contributed by atoms with Crippen LogP contribution in [0, 0.1) is 0 Å². The zero-order chi connectivity index (χ0) is 23.2. The van der Waals surface area contributed by atoms with Crippen LogP contribution in [0.25, 0.3) is 6.08 Å². The molecule has 1 heterocycles. The van der Waals surface area contributed by atoms with E-state index in [9.17, 15) is 4.79 Å². The number of nitrogens with zero attached hydrogens (tertiary/aromatic N) is 2. The molecule has 168 valence electrons. The summed E-state index contributed by atoms with van der Waals surface area (Å²) in [4.78, 5) is 20.5. The van der Waals surface area contributed by atoms with Crippen LogP contribution in [-0.2, 0) is 17.6 Å². The van der Waals surface area contributed by atoms with Gasteiger partial charge in [0.1, 0.15) is 5.75 Å². The highest BCUT2D eigenvalue weighted by atomic mass is 35.5. The lowest BCUT2D eigenvalue weighted by Crippen LogP contribution is -2.31. The molecule has 0 bridgehead atoms. The molecular weight excluding hydrogens is 452 g/mol. The Bertz CT molecular complexity index is 1170. The summed E-state index contributed by atoms with van der Waals surface area (Å²) in [5, 5.41) is 1.36. The van der Waals surface area contributed by atoms with Crippen molar-refractivity contribution in [2.24, 2.45) is 4.99 Å². The fourth-order valence-corrected chi connectivity index (χ4v) is 4.60. The molecule has 0 aliphatic carbocycles. The normalized spacial score (nSPS) is 16.1. The number of amidine groups is 1. The standard InChI is InChI=1S/C27H25ClN2O2S/c1-3-19-6-12-23(13-7-19)29-27-30(17-16-20-8-14-24(32-2)15-9-20)26(31)25(33-27)18-21-4-10-22(28)11-5-21/h4-15,18H,3,16-17H2,1-2H3. The van der Waals surface area contributed by atoms with Crippen molar-refractivity contribution in [3.05, 3.63) is 99.4 Å². The van der Waals surface area contributed by atoms with E-state index in [0.29, 0.717) is 21.6 Å². The molecule has 1 fully saturated rings. The summed E-state index contributed by atoms with van der Waals surface area (Å²) in [5.41, 5.74) is 4.16.